The molecule has 1 aromatic heterocycles. The molecule has 2 aromatic carbocycles. The molecule has 178 valence electrons. The van der Waals surface area contributed by atoms with Gasteiger partial charge in [0.05, 0.1) is 19.3 Å². The van der Waals surface area contributed by atoms with Gasteiger partial charge in [0.25, 0.3) is 0 Å². The molecule has 1 atom stereocenters. The van der Waals surface area contributed by atoms with Crippen LogP contribution in [0.25, 0.3) is 10.9 Å². The van der Waals surface area contributed by atoms with Crippen molar-refractivity contribution in [3.05, 3.63) is 71.7 Å². The average Bonchev–Trinajstić information content (AvgIpc) is 3.25. The van der Waals surface area contributed by atoms with Gasteiger partial charge in [0.15, 0.2) is 5.96 Å². The van der Waals surface area contributed by atoms with Crippen molar-refractivity contribution in [1.29, 1.82) is 0 Å². The number of aliphatic imine (C=N–C) groups is 1. The lowest BCUT2D eigenvalue weighted by molar-refractivity contribution is 0.0170. The third-order valence-electron chi connectivity index (χ3n) is 6.02. The third kappa shape index (κ3) is 6.91. The standard InChI is InChI=1S/C25H32FN5O.HI/c1-27-25(28-12-4-5-20-17-29-23-7-3-2-6-22(20)23)30-18-24(31-13-15-32-16-14-31)19-8-10-21(26)11-9-19;/h2-3,6-11,17,24,29H,4-5,12-16,18H2,1H3,(H2,27,28,30);1H. The number of hydrogen-bond acceptors (Lipinski definition) is 3. The molecule has 1 fully saturated rings. The second kappa shape index (κ2) is 12.9. The maximum atomic E-state index is 13.4. The van der Waals surface area contributed by atoms with Crippen molar-refractivity contribution >= 4 is 40.8 Å². The molecule has 2 heterocycles. The molecule has 3 aromatic rings. The van der Waals surface area contributed by atoms with Crippen LogP contribution in [0.4, 0.5) is 4.39 Å². The molecule has 8 heteroatoms. The van der Waals surface area contributed by atoms with Gasteiger partial charge >= 0.3 is 0 Å². The SMILES string of the molecule is CN=C(NCCCc1c[nH]c2ccccc12)NCC(c1ccc(F)cc1)N1CCOCC1.I. The number of benzene rings is 2. The number of halogens is 2. The predicted molar refractivity (Wildman–Crippen MR) is 143 cm³/mol. The molecular weight excluding hydrogens is 532 g/mol. The minimum absolute atomic E-state index is 0. The van der Waals surface area contributed by atoms with Crippen molar-refractivity contribution in [2.75, 3.05) is 46.4 Å². The van der Waals surface area contributed by atoms with Crippen LogP contribution in [0.15, 0.2) is 59.7 Å². The zero-order valence-electron chi connectivity index (χ0n) is 19.0. The van der Waals surface area contributed by atoms with E-state index in [1.54, 1.807) is 7.05 Å². The third-order valence-corrected chi connectivity index (χ3v) is 6.02. The van der Waals surface area contributed by atoms with Crippen molar-refractivity contribution in [3.8, 4) is 0 Å². The predicted octanol–water partition coefficient (Wildman–Crippen LogP) is 4.10. The van der Waals surface area contributed by atoms with Crippen LogP contribution in [0.3, 0.4) is 0 Å². The maximum Gasteiger partial charge on any atom is 0.191 e. The van der Waals surface area contributed by atoms with Gasteiger partial charge in [-0.25, -0.2) is 4.39 Å². The van der Waals surface area contributed by atoms with E-state index in [1.165, 1.54) is 28.6 Å². The Morgan fingerprint density at radius 1 is 1.12 bits per heavy atom. The van der Waals surface area contributed by atoms with E-state index in [1.807, 2.05) is 12.1 Å². The fourth-order valence-electron chi connectivity index (χ4n) is 4.27. The number of rotatable bonds is 8. The minimum atomic E-state index is -0.213. The summed E-state index contributed by atoms with van der Waals surface area (Å²) in [6, 6.07) is 15.3. The van der Waals surface area contributed by atoms with Crippen LogP contribution in [-0.2, 0) is 11.2 Å². The molecule has 0 radical (unpaired) electrons. The van der Waals surface area contributed by atoms with E-state index in [9.17, 15) is 4.39 Å². The first kappa shape index (κ1) is 25.5. The summed E-state index contributed by atoms with van der Waals surface area (Å²) in [5.41, 5.74) is 3.62. The van der Waals surface area contributed by atoms with Crippen LogP contribution < -0.4 is 10.6 Å². The Morgan fingerprint density at radius 2 is 1.88 bits per heavy atom. The van der Waals surface area contributed by atoms with Crippen LogP contribution in [0.1, 0.15) is 23.6 Å². The van der Waals surface area contributed by atoms with Crippen molar-refractivity contribution in [1.82, 2.24) is 20.5 Å². The van der Waals surface area contributed by atoms with Gasteiger partial charge in [-0.1, -0.05) is 30.3 Å². The Morgan fingerprint density at radius 3 is 2.64 bits per heavy atom. The van der Waals surface area contributed by atoms with Gasteiger partial charge in [0.2, 0.25) is 0 Å². The molecule has 6 nitrogen and oxygen atoms in total. The van der Waals surface area contributed by atoms with Crippen LogP contribution in [-0.4, -0.2) is 62.3 Å². The zero-order valence-corrected chi connectivity index (χ0v) is 21.3. The first-order valence-electron chi connectivity index (χ1n) is 11.3. The second-order valence-corrected chi connectivity index (χ2v) is 8.06. The molecule has 3 N–H and O–H groups in total. The van der Waals surface area contributed by atoms with E-state index in [0.717, 1.165) is 57.2 Å². The lowest BCUT2D eigenvalue weighted by atomic mass is 10.0. The Hall–Kier alpha value is -2.17. The van der Waals surface area contributed by atoms with Crippen LogP contribution >= 0.6 is 24.0 Å². The lowest BCUT2D eigenvalue weighted by Gasteiger charge is -2.35. The summed E-state index contributed by atoms with van der Waals surface area (Å²) in [5, 5.41) is 8.18. The van der Waals surface area contributed by atoms with Crippen LogP contribution in [0.5, 0.6) is 0 Å². The Balaban J connectivity index is 0.00000306. The highest BCUT2D eigenvalue weighted by atomic mass is 127. The monoisotopic (exact) mass is 565 g/mol. The maximum absolute atomic E-state index is 13.4. The van der Waals surface area contributed by atoms with Gasteiger partial charge in [-0.15, -0.1) is 24.0 Å². The van der Waals surface area contributed by atoms with Gasteiger partial charge in [0.1, 0.15) is 5.82 Å². The van der Waals surface area contributed by atoms with Crippen LogP contribution in [0.2, 0.25) is 0 Å². The first-order valence-corrected chi connectivity index (χ1v) is 11.3. The summed E-state index contributed by atoms with van der Waals surface area (Å²) < 4.78 is 19.0. The van der Waals surface area contributed by atoms with E-state index in [2.05, 4.69) is 56.0 Å². The topological polar surface area (TPSA) is 64.7 Å². The number of morpholine rings is 1. The summed E-state index contributed by atoms with van der Waals surface area (Å²) in [6.07, 6.45) is 4.11. The van der Waals surface area contributed by atoms with Crippen molar-refractivity contribution in [2.24, 2.45) is 4.99 Å². The van der Waals surface area contributed by atoms with Crippen molar-refractivity contribution in [3.63, 3.8) is 0 Å². The molecule has 0 amide bonds. The molecule has 4 rings (SSSR count). The average molecular weight is 565 g/mol. The number of aromatic nitrogens is 1. The van der Waals surface area contributed by atoms with E-state index < -0.39 is 0 Å². The Kier molecular flexibility index (Phi) is 9.95. The number of nitrogens with zero attached hydrogens (tertiary/aromatic N) is 2. The smallest absolute Gasteiger partial charge is 0.191 e. The highest BCUT2D eigenvalue weighted by molar-refractivity contribution is 14.0. The van der Waals surface area contributed by atoms with E-state index in [-0.39, 0.29) is 35.8 Å². The highest BCUT2D eigenvalue weighted by Gasteiger charge is 2.23. The lowest BCUT2D eigenvalue weighted by Crippen LogP contribution is -2.46. The normalized spacial score (nSPS) is 15.8. The number of hydrogen-bond donors (Lipinski definition) is 3. The Bertz CT molecular complexity index is 1020. The quantitative estimate of drug-likeness (QED) is 0.167. The molecule has 1 aliphatic rings. The second-order valence-electron chi connectivity index (χ2n) is 8.06. The van der Waals surface area contributed by atoms with E-state index >= 15 is 0 Å². The molecule has 0 saturated carbocycles. The molecule has 0 aliphatic carbocycles. The highest BCUT2D eigenvalue weighted by Crippen LogP contribution is 2.22. The number of aromatic amines is 1. The number of aryl methyl sites for hydroxylation is 1. The number of ether oxygens (including phenoxy) is 1. The molecular formula is C25H33FIN5O. The summed E-state index contributed by atoms with van der Waals surface area (Å²) in [6.45, 7) is 4.68. The first-order chi connectivity index (χ1) is 15.7. The Labute approximate surface area is 212 Å². The summed E-state index contributed by atoms with van der Waals surface area (Å²) in [5.74, 6) is 0.569. The molecule has 0 spiro atoms. The van der Waals surface area contributed by atoms with Gasteiger partial charge in [-0.2, -0.15) is 0 Å². The van der Waals surface area contributed by atoms with Crippen LogP contribution in [0, 0.1) is 5.82 Å². The number of para-hydroxylation sites is 1. The number of guanidine groups is 1. The van der Waals surface area contributed by atoms with Gasteiger partial charge < -0.3 is 20.4 Å². The summed E-state index contributed by atoms with van der Waals surface area (Å²) in [7, 11) is 1.79. The van der Waals surface area contributed by atoms with Gasteiger partial charge in [-0.3, -0.25) is 9.89 Å². The number of nitrogens with one attached hydrogen (secondary N) is 3. The minimum Gasteiger partial charge on any atom is -0.379 e. The fourth-order valence-corrected chi connectivity index (χ4v) is 4.27. The molecule has 0 bridgehead atoms. The largest absolute Gasteiger partial charge is 0.379 e. The molecule has 1 unspecified atom stereocenters. The number of H-pyrrole nitrogens is 1. The van der Waals surface area contributed by atoms with Crippen molar-refractivity contribution in [2.45, 2.75) is 18.9 Å². The van der Waals surface area contributed by atoms with E-state index in [0.29, 0.717) is 6.54 Å². The number of fused-ring (bicyclic) bond motifs is 1. The van der Waals surface area contributed by atoms with E-state index in [4.69, 9.17) is 4.74 Å². The molecule has 1 aliphatic heterocycles. The molecule has 33 heavy (non-hydrogen) atoms. The van der Waals surface area contributed by atoms with Crippen molar-refractivity contribution < 1.29 is 9.13 Å². The molecule has 1 saturated heterocycles. The zero-order chi connectivity index (χ0) is 22.2. The summed E-state index contributed by atoms with van der Waals surface area (Å²) >= 11 is 0. The fraction of sp³-hybridized carbons (Fsp3) is 0.400. The van der Waals surface area contributed by atoms with Gasteiger partial charge in [-0.05, 0) is 42.2 Å². The van der Waals surface area contributed by atoms with Gasteiger partial charge in [0, 0.05) is 50.3 Å². The summed E-state index contributed by atoms with van der Waals surface area (Å²) in [4.78, 5) is 10.1.